The molecule has 2 N–H and O–H groups in total. The Kier molecular flexibility index (Phi) is 6.06. The molecule has 27 heavy (non-hydrogen) atoms. The van der Waals surface area contributed by atoms with Crippen LogP contribution in [0.25, 0.3) is 0 Å². The van der Waals surface area contributed by atoms with E-state index < -0.39 is 5.60 Å². The molecule has 1 saturated heterocycles. The predicted molar refractivity (Wildman–Crippen MR) is 106 cm³/mol. The van der Waals surface area contributed by atoms with E-state index in [-0.39, 0.29) is 11.9 Å². The average molecular weight is 368 g/mol. The van der Waals surface area contributed by atoms with E-state index in [0.717, 1.165) is 31.4 Å². The molecule has 0 bridgehead atoms. The van der Waals surface area contributed by atoms with Gasteiger partial charge in [-0.05, 0) is 63.3 Å². The second-order valence-electron chi connectivity index (χ2n) is 7.82. The molecule has 6 heteroatoms. The van der Waals surface area contributed by atoms with E-state index in [1.54, 1.807) is 32.3 Å². The first-order valence-corrected chi connectivity index (χ1v) is 9.55. The lowest BCUT2D eigenvalue weighted by atomic mass is 9.97. The number of nitrogens with zero attached hydrogens (tertiary/aromatic N) is 3. The maximum absolute atomic E-state index is 12.7. The molecule has 2 aromatic rings. The van der Waals surface area contributed by atoms with Crippen LogP contribution in [-0.2, 0) is 6.42 Å². The Labute approximate surface area is 160 Å². The zero-order chi connectivity index (χ0) is 19.3. The summed E-state index contributed by atoms with van der Waals surface area (Å²) in [6.45, 7) is 5.22. The molecule has 144 valence electrons. The molecule has 1 aromatic heterocycles. The van der Waals surface area contributed by atoms with Crippen molar-refractivity contribution in [1.29, 1.82) is 0 Å². The van der Waals surface area contributed by atoms with E-state index in [9.17, 15) is 9.90 Å². The molecule has 6 nitrogen and oxygen atoms in total. The van der Waals surface area contributed by atoms with Gasteiger partial charge in [0.1, 0.15) is 0 Å². The number of anilines is 1. The summed E-state index contributed by atoms with van der Waals surface area (Å²) in [5.41, 5.74) is 1.02. The number of benzene rings is 1. The Hall–Kier alpha value is -2.47. The van der Waals surface area contributed by atoms with Crippen molar-refractivity contribution in [2.24, 2.45) is 0 Å². The van der Waals surface area contributed by atoms with Crippen molar-refractivity contribution in [3.63, 3.8) is 0 Å². The normalized spacial score (nSPS) is 17.6. The molecule has 0 radical (unpaired) electrons. The average Bonchev–Trinajstić information content (AvgIpc) is 2.67. The number of hydrogen-bond donors (Lipinski definition) is 2. The van der Waals surface area contributed by atoms with Crippen molar-refractivity contribution in [2.75, 3.05) is 18.0 Å². The number of nitrogens with one attached hydrogen (secondary N) is 1. The van der Waals surface area contributed by atoms with E-state index in [4.69, 9.17) is 0 Å². The summed E-state index contributed by atoms with van der Waals surface area (Å²) in [5.74, 6) is 0.658. The number of carbonyl (C=O) groups excluding carboxylic acids is 1. The molecule has 1 amide bonds. The first-order chi connectivity index (χ1) is 12.9. The van der Waals surface area contributed by atoms with Gasteiger partial charge in [0.2, 0.25) is 5.95 Å². The first-order valence-electron chi connectivity index (χ1n) is 9.55. The highest BCUT2D eigenvalue weighted by molar-refractivity contribution is 5.94. The lowest BCUT2D eigenvalue weighted by molar-refractivity contribution is 0.0714. The van der Waals surface area contributed by atoms with Gasteiger partial charge in [-0.25, -0.2) is 9.97 Å². The Morgan fingerprint density at radius 3 is 2.81 bits per heavy atom. The molecule has 1 aromatic carbocycles. The van der Waals surface area contributed by atoms with Crippen LogP contribution in [0.3, 0.4) is 0 Å². The van der Waals surface area contributed by atoms with Gasteiger partial charge >= 0.3 is 0 Å². The summed E-state index contributed by atoms with van der Waals surface area (Å²) in [6.07, 6.45) is 6.83. The number of piperidine rings is 1. The van der Waals surface area contributed by atoms with Gasteiger partial charge in [0.05, 0.1) is 5.60 Å². The Bertz CT molecular complexity index is 758. The number of aliphatic hydroxyl groups is 1. The van der Waals surface area contributed by atoms with Crippen molar-refractivity contribution in [1.82, 2.24) is 15.3 Å². The van der Waals surface area contributed by atoms with E-state index in [0.29, 0.717) is 24.5 Å². The van der Waals surface area contributed by atoms with Crippen LogP contribution >= 0.6 is 0 Å². The Morgan fingerprint density at radius 1 is 1.30 bits per heavy atom. The Morgan fingerprint density at radius 2 is 2.07 bits per heavy atom. The summed E-state index contributed by atoms with van der Waals surface area (Å²) in [7, 11) is 0. The van der Waals surface area contributed by atoms with Gasteiger partial charge in [-0.3, -0.25) is 4.79 Å². The fourth-order valence-electron chi connectivity index (χ4n) is 3.32. The maximum atomic E-state index is 12.7. The molecule has 1 aliphatic heterocycles. The quantitative estimate of drug-likeness (QED) is 0.819. The molecule has 2 heterocycles. The second kappa shape index (κ2) is 8.48. The third-order valence-electron chi connectivity index (χ3n) is 4.81. The molecule has 3 rings (SSSR count). The van der Waals surface area contributed by atoms with Crippen LogP contribution < -0.4 is 10.2 Å². The highest BCUT2D eigenvalue weighted by Gasteiger charge is 2.23. The van der Waals surface area contributed by atoms with Crippen LogP contribution in [0.2, 0.25) is 0 Å². The monoisotopic (exact) mass is 368 g/mol. The van der Waals surface area contributed by atoms with Gasteiger partial charge in [-0.1, -0.05) is 12.1 Å². The lowest BCUT2D eigenvalue weighted by Gasteiger charge is -2.33. The number of aryl methyl sites for hydroxylation is 1. The molecule has 0 aliphatic carbocycles. The first kappa shape index (κ1) is 19.3. The van der Waals surface area contributed by atoms with Gasteiger partial charge in [0.15, 0.2) is 0 Å². The summed E-state index contributed by atoms with van der Waals surface area (Å²) >= 11 is 0. The van der Waals surface area contributed by atoms with Crippen LogP contribution in [-0.4, -0.2) is 45.7 Å². The van der Waals surface area contributed by atoms with Crippen LogP contribution in [0, 0.1) is 0 Å². The number of rotatable bonds is 6. The number of hydrogen-bond acceptors (Lipinski definition) is 5. The zero-order valence-electron chi connectivity index (χ0n) is 16.1. The third kappa shape index (κ3) is 5.76. The predicted octanol–water partition coefficient (Wildman–Crippen LogP) is 2.58. The molecule has 1 atom stereocenters. The van der Waals surface area contributed by atoms with E-state index in [1.807, 2.05) is 24.3 Å². The minimum absolute atomic E-state index is 0.0547. The minimum Gasteiger partial charge on any atom is -0.390 e. The Balaban J connectivity index is 1.60. The standard InChI is InChI=1S/C21H28N4O2/c1-21(2,27)10-9-16-6-3-7-17(14-16)19(26)24-18-8-4-13-25(15-18)20-22-11-5-12-23-20/h3,5-7,11-12,14,18,27H,4,8-10,13,15H2,1-2H3,(H,24,26)/t18-/m0/s1. The van der Waals surface area contributed by atoms with Crippen LogP contribution in [0.15, 0.2) is 42.7 Å². The molecule has 0 unspecified atom stereocenters. The second-order valence-corrected chi connectivity index (χ2v) is 7.82. The van der Waals surface area contributed by atoms with Crippen LogP contribution in [0.1, 0.15) is 49.0 Å². The van der Waals surface area contributed by atoms with Crippen molar-refractivity contribution in [3.05, 3.63) is 53.9 Å². The summed E-state index contributed by atoms with van der Waals surface area (Å²) in [5, 5.41) is 13.0. The smallest absolute Gasteiger partial charge is 0.251 e. The SMILES string of the molecule is CC(C)(O)CCc1cccc(C(=O)N[C@H]2CCCN(c3ncccn3)C2)c1. The fourth-order valence-corrected chi connectivity index (χ4v) is 3.32. The highest BCUT2D eigenvalue weighted by Crippen LogP contribution is 2.17. The van der Waals surface area contributed by atoms with Crippen molar-refractivity contribution < 1.29 is 9.90 Å². The number of amides is 1. The molecule has 0 spiro atoms. The van der Waals surface area contributed by atoms with E-state index >= 15 is 0 Å². The number of aromatic nitrogens is 2. The largest absolute Gasteiger partial charge is 0.390 e. The van der Waals surface area contributed by atoms with Gasteiger partial charge in [-0.2, -0.15) is 0 Å². The molecular formula is C21H28N4O2. The van der Waals surface area contributed by atoms with Crippen LogP contribution in [0.5, 0.6) is 0 Å². The maximum Gasteiger partial charge on any atom is 0.251 e. The van der Waals surface area contributed by atoms with E-state index in [1.165, 1.54) is 0 Å². The summed E-state index contributed by atoms with van der Waals surface area (Å²) in [4.78, 5) is 23.4. The summed E-state index contributed by atoms with van der Waals surface area (Å²) < 4.78 is 0. The molecule has 1 aliphatic rings. The fraction of sp³-hybridized carbons (Fsp3) is 0.476. The third-order valence-corrected chi connectivity index (χ3v) is 4.81. The van der Waals surface area contributed by atoms with Gasteiger partial charge in [0.25, 0.3) is 5.91 Å². The van der Waals surface area contributed by atoms with Gasteiger partial charge in [-0.15, -0.1) is 0 Å². The molecular weight excluding hydrogens is 340 g/mol. The molecule has 0 saturated carbocycles. The van der Waals surface area contributed by atoms with E-state index in [2.05, 4.69) is 20.2 Å². The topological polar surface area (TPSA) is 78.4 Å². The lowest BCUT2D eigenvalue weighted by Crippen LogP contribution is -2.48. The molecule has 1 fully saturated rings. The minimum atomic E-state index is -0.705. The van der Waals surface area contributed by atoms with Gasteiger partial charge < -0.3 is 15.3 Å². The highest BCUT2D eigenvalue weighted by atomic mass is 16.3. The number of carbonyl (C=O) groups is 1. The van der Waals surface area contributed by atoms with Crippen LogP contribution in [0.4, 0.5) is 5.95 Å². The van der Waals surface area contributed by atoms with Gasteiger partial charge in [0, 0.05) is 37.1 Å². The summed E-state index contributed by atoms with van der Waals surface area (Å²) in [6, 6.07) is 9.54. The zero-order valence-corrected chi connectivity index (χ0v) is 16.1. The van der Waals surface area contributed by atoms with Crippen molar-refractivity contribution in [3.8, 4) is 0 Å². The van der Waals surface area contributed by atoms with Crippen molar-refractivity contribution >= 4 is 11.9 Å². The van der Waals surface area contributed by atoms with Crippen molar-refractivity contribution in [2.45, 2.75) is 51.2 Å².